The molecule has 0 saturated heterocycles. The zero-order valence-corrected chi connectivity index (χ0v) is 9.90. The number of hydrogen-bond donors (Lipinski definition) is 0. The van der Waals surface area contributed by atoms with E-state index >= 15 is 0 Å². The third-order valence-corrected chi connectivity index (χ3v) is 2.26. The van der Waals surface area contributed by atoms with E-state index in [-0.39, 0.29) is 11.4 Å². The fraction of sp³-hybridized carbons (Fsp3) is 0.400. The largest absolute Gasteiger partial charge is 0.573 e. The molecule has 9 heteroatoms. The highest BCUT2D eigenvalue weighted by Crippen LogP contribution is 2.32. The molecule has 1 aromatic heterocycles. The Kier molecular flexibility index (Phi) is 4.89. The van der Waals surface area contributed by atoms with Gasteiger partial charge in [0, 0.05) is 5.56 Å². The van der Waals surface area contributed by atoms with Gasteiger partial charge >= 0.3 is 6.36 Å². The van der Waals surface area contributed by atoms with Gasteiger partial charge in [0.1, 0.15) is 0 Å². The van der Waals surface area contributed by atoms with E-state index in [0.717, 1.165) is 0 Å². The van der Waals surface area contributed by atoms with Gasteiger partial charge in [-0.3, -0.25) is 4.98 Å². The van der Waals surface area contributed by atoms with Gasteiger partial charge in [-0.1, -0.05) is 0 Å². The summed E-state index contributed by atoms with van der Waals surface area (Å²) in [4.78, 5) is 3.53. The molecular formula is C10H6ClF5N2O. The van der Waals surface area contributed by atoms with Crippen LogP contribution in [0.2, 0.25) is 0 Å². The number of nitrogens with zero attached hydrogens (tertiary/aromatic N) is 2. The molecule has 0 amide bonds. The Labute approximate surface area is 109 Å². The van der Waals surface area contributed by atoms with Gasteiger partial charge in [-0.15, -0.1) is 24.8 Å². The molecule has 1 heterocycles. The molecule has 1 aromatic rings. The van der Waals surface area contributed by atoms with Crippen LogP contribution in [-0.4, -0.2) is 11.3 Å². The van der Waals surface area contributed by atoms with Crippen LogP contribution in [0.25, 0.3) is 0 Å². The molecule has 19 heavy (non-hydrogen) atoms. The van der Waals surface area contributed by atoms with E-state index in [1.54, 1.807) is 6.07 Å². The van der Waals surface area contributed by atoms with E-state index in [4.69, 9.17) is 16.9 Å². The van der Waals surface area contributed by atoms with Crippen LogP contribution in [0, 0.1) is 11.3 Å². The zero-order valence-electron chi connectivity index (χ0n) is 9.14. The van der Waals surface area contributed by atoms with E-state index in [9.17, 15) is 22.0 Å². The lowest BCUT2D eigenvalue weighted by Gasteiger charge is -2.14. The van der Waals surface area contributed by atoms with Crippen molar-refractivity contribution in [3.63, 3.8) is 0 Å². The molecule has 0 aliphatic heterocycles. The summed E-state index contributed by atoms with van der Waals surface area (Å²) in [5.41, 5.74) is -1.45. The van der Waals surface area contributed by atoms with Gasteiger partial charge in [0.2, 0.25) is 0 Å². The summed E-state index contributed by atoms with van der Waals surface area (Å²) < 4.78 is 65.3. The molecule has 3 nitrogen and oxygen atoms in total. The van der Waals surface area contributed by atoms with Crippen LogP contribution in [0.1, 0.15) is 23.4 Å². The second kappa shape index (κ2) is 6.02. The number of pyridine rings is 1. The van der Waals surface area contributed by atoms with Gasteiger partial charge in [0.25, 0.3) is 6.43 Å². The molecule has 0 spiro atoms. The first-order chi connectivity index (χ1) is 8.78. The van der Waals surface area contributed by atoms with Crippen molar-refractivity contribution in [2.24, 2.45) is 0 Å². The van der Waals surface area contributed by atoms with Crippen LogP contribution in [0.15, 0.2) is 6.07 Å². The molecule has 0 atom stereocenters. The van der Waals surface area contributed by atoms with Gasteiger partial charge in [0.15, 0.2) is 5.75 Å². The fourth-order valence-electron chi connectivity index (χ4n) is 1.30. The summed E-state index contributed by atoms with van der Waals surface area (Å²) in [7, 11) is 0. The SMILES string of the molecule is N#CCc1nc(CCl)c(OC(F)(F)F)cc1C(F)F. The lowest BCUT2D eigenvalue weighted by Crippen LogP contribution is -2.19. The highest BCUT2D eigenvalue weighted by atomic mass is 35.5. The molecule has 0 aliphatic carbocycles. The quantitative estimate of drug-likeness (QED) is 0.629. The number of rotatable bonds is 4. The summed E-state index contributed by atoms with van der Waals surface area (Å²) in [5, 5.41) is 8.47. The molecule has 0 bridgehead atoms. The standard InChI is InChI=1S/C10H6ClF5N2O/c11-4-7-8(19-10(14,15)16)3-5(9(12)13)6(18-7)1-2-17/h3,9H,1,4H2. The number of aromatic nitrogens is 1. The monoisotopic (exact) mass is 300 g/mol. The second-order valence-corrected chi connectivity index (χ2v) is 3.55. The van der Waals surface area contributed by atoms with Gasteiger partial charge in [-0.25, -0.2) is 8.78 Å². The van der Waals surface area contributed by atoms with Crippen LogP contribution in [0.4, 0.5) is 22.0 Å². The molecule has 0 fully saturated rings. The Balaban J connectivity index is 3.32. The molecule has 0 radical (unpaired) electrons. The summed E-state index contributed by atoms with van der Waals surface area (Å²) in [6.07, 6.45) is -8.58. The number of ether oxygens (including phenoxy) is 1. The molecule has 0 aliphatic rings. The van der Waals surface area contributed by atoms with Crippen LogP contribution in [-0.2, 0) is 12.3 Å². The Morgan fingerprint density at radius 2 is 2.00 bits per heavy atom. The second-order valence-electron chi connectivity index (χ2n) is 3.29. The Bertz CT molecular complexity index is 498. The van der Waals surface area contributed by atoms with Crippen molar-refractivity contribution in [1.29, 1.82) is 5.26 Å². The lowest BCUT2D eigenvalue weighted by atomic mass is 10.1. The van der Waals surface area contributed by atoms with Crippen molar-refractivity contribution in [3.05, 3.63) is 23.0 Å². The average molecular weight is 301 g/mol. The van der Waals surface area contributed by atoms with Gasteiger partial charge in [-0.2, -0.15) is 5.26 Å². The molecule has 0 N–H and O–H groups in total. The summed E-state index contributed by atoms with van der Waals surface area (Å²) in [6.45, 7) is 0. The maximum absolute atomic E-state index is 12.7. The highest BCUT2D eigenvalue weighted by Gasteiger charge is 2.33. The minimum Gasteiger partial charge on any atom is -0.404 e. The van der Waals surface area contributed by atoms with Gasteiger partial charge < -0.3 is 4.74 Å². The molecule has 0 unspecified atom stereocenters. The van der Waals surface area contributed by atoms with Gasteiger partial charge in [0.05, 0.1) is 29.8 Å². The lowest BCUT2D eigenvalue weighted by molar-refractivity contribution is -0.275. The van der Waals surface area contributed by atoms with E-state index in [0.29, 0.717) is 6.07 Å². The molecule has 0 aromatic carbocycles. The zero-order chi connectivity index (χ0) is 14.6. The van der Waals surface area contributed by atoms with Crippen molar-refractivity contribution in [2.45, 2.75) is 25.1 Å². The minimum atomic E-state index is -5.04. The summed E-state index contributed by atoms with van der Waals surface area (Å²) in [6, 6.07) is 2.11. The van der Waals surface area contributed by atoms with Crippen molar-refractivity contribution in [2.75, 3.05) is 0 Å². The summed E-state index contributed by atoms with van der Waals surface area (Å²) in [5.74, 6) is -1.35. The van der Waals surface area contributed by atoms with Crippen LogP contribution < -0.4 is 4.74 Å². The molecular weight excluding hydrogens is 295 g/mol. The van der Waals surface area contributed by atoms with Crippen molar-refractivity contribution in [1.82, 2.24) is 4.98 Å². The van der Waals surface area contributed by atoms with Crippen LogP contribution >= 0.6 is 11.6 Å². The first kappa shape index (κ1) is 15.4. The van der Waals surface area contributed by atoms with E-state index in [2.05, 4.69) is 9.72 Å². The van der Waals surface area contributed by atoms with Gasteiger partial charge in [-0.05, 0) is 6.07 Å². The number of nitriles is 1. The maximum atomic E-state index is 12.7. The van der Waals surface area contributed by atoms with E-state index < -0.39 is 36.4 Å². The van der Waals surface area contributed by atoms with Crippen LogP contribution in [0.3, 0.4) is 0 Å². The minimum absolute atomic E-state index is 0.317. The average Bonchev–Trinajstić information content (AvgIpc) is 2.28. The van der Waals surface area contributed by atoms with Crippen molar-refractivity contribution < 1.29 is 26.7 Å². The number of halogens is 6. The molecule has 1 rings (SSSR count). The van der Waals surface area contributed by atoms with Crippen LogP contribution in [0.5, 0.6) is 5.75 Å². The Morgan fingerprint density at radius 3 is 2.42 bits per heavy atom. The van der Waals surface area contributed by atoms with Crippen molar-refractivity contribution in [3.8, 4) is 11.8 Å². The molecule has 0 saturated carbocycles. The predicted molar refractivity (Wildman–Crippen MR) is 54.8 cm³/mol. The fourth-order valence-corrected chi connectivity index (χ4v) is 1.50. The Morgan fingerprint density at radius 1 is 1.37 bits per heavy atom. The maximum Gasteiger partial charge on any atom is 0.573 e. The highest BCUT2D eigenvalue weighted by molar-refractivity contribution is 6.17. The normalized spacial score (nSPS) is 11.5. The number of hydrogen-bond acceptors (Lipinski definition) is 3. The summed E-state index contributed by atoms with van der Waals surface area (Å²) >= 11 is 5.38. The first-order valence-corrected chi connectivity index (χ1v) is 5.31. The van der Waals surface area contributed by atoms with E-state index in [1.165, 1.54) is 0 Å². The predicted octanol–water partition coefficient (Wildman–Crippen LogP) is 3.72. The number of alkyl halides is 6. The van der Waals surface area contributed by atoms with E-state index in [1.807, 2.05) is 0 Å². The topological polar surface area (TPSA) is 45.9 Å². The van der Waals surface area contributed by atoms with Crippen molar-refractivity contribution >= 4 is 11.6 Å². The Hall–Kier alpha value is -1.62. The molecule has 104 valence electrons. The third kappa shape index (κ3) is 4.21. The first-order valence-electron chi connectivity index (χ1n) is 4.78. The smallest absolute Gasteiger partial charge is 0.404 e. The third-order valence-electron chi connectivity index (χ3n) is 2.01.